The molecule has 1 aromatic heterocycles. The van der Waals surface area contributed by atoms with Gasteiger partial charge in [-0.3, -0.25) is 4.79 Å². The van der Waals surface area contributed by atoms with Gasteiger partial charge in [0.1, 0.15) is 18.8 Å². The van der Waals surface area contributed by atoms with Crippen LogP contribution < -0.4 is 14.8 Å². The number of carbonyl (C=O) groups excluding carboxylic acids is 1. The standard InChI is InChI=1S/C21H21NO4/c1-13(2)20(15-7-8-17-18(12-15)25-10-9-24-17)22-21(23)19-11-14-5-3-4-6-16(14)26-19/h3-8,11-13,20H,9-10H2,1-2H3,(H,22,23)/t20-/m1/s1. The second kappa shape index (κ2) is 6.75. The van der Waals surface area contributed by atoms with E-state index in [0.717, 1.165) is 22.4 Å². The second-order valence-electron chi connectivity index (χ2n) is 6.75. The zero-order valence-corrected chi connectivity index (χ0v) is 14.8. The molecule has 0 saturated heterocycles. The van der Waals surface area contributed by atoms with Crippen LogP contribution in [0.4, 0.5) is 0 Å². The van der Waals surface area contributed by atoms with Gasteiger partial charge in [-0.25, -0.2) is 0 Å². The first kappa shape index (κ1) is 16.5. The summed E-state index contributed by atoms with van der Waals surface area (Å²) in [4.78, 5) is 12.7. The number of ether oxygens (including phenoxy) is 2. The highest BCUT2D eigenvalue weighted by molar-refractivity contribution is 5.96. The lowest BCUT2D eigenvalue weighted by molar-refractivity contribution is 0.0899. The first-order valence-electron chi connectivity index (χ1n) is 8.81. The summed E-state index contributed by atoms with van der Waals surface area (Å²) in [5, 5.41) is 4.00. The zero-order chi connectivity index (χ0) is 18.1. The Labute approximate surface area is 151 Å². The van der Waals surface area contributed by atoms with Crippen molar-refractivity contribution < 1.29 is 18.7 Å². The molecule has 26 heavy (non-hydrogen) atoms. The Morgan fingerprint density at radius 2 is 1.77 bits per heavy atom. The van der Waals surface area contributed by atoms with Crippen molar-refractivity contribution in [3.05, 3.63) is 59.9 Å². The van der Waals surface area contributed by atoms with E-state index >= 15 is 0 Å². The molecule has 0 fully saturated rings. The topological polar surface area (TPSA) is 60.7 Å². The van der Waals surface area contributed by atoms with E-state index in [9.17, 15) is 4.79 Å². The zero-order valence-electron chi connectivity index (χ0n) is 14.8. The Bertz CT molecular complexity index is 911. The maximum absolute atomic E-state index is 12.7. The SMILES string of the molecule is CC(C)[C@@H](NC(=O)c1cc2ccccc2o1)c1ccc2c(c1)OCCO2. The van der Waals surface area contributed by atoms with Crippen LogP contribution in [0.5, 0.6) is 11.5 Å². The third-order valence-electron chi connectivity index (χ3n) is 4.53. The smallest absolute Gasteiger partial charge is 0.287 e. The highest BCUT2D eigenvalue weighted by Gasteiger charge is 2.23. The van der Waals surface area contributed by atoms with Crippen molar-refractivity contribution in [3.8, 4) is 11.5 Å². The van der Waals surface area contributed by atoms with Gasteiger partial charge in [-0.15, -0.1) is 0 Å². The second-order valence-corrected chi connectivity index (χ2v) is 6.75. The number of amides is 1. The Morgan fingerprint density at radius 1 is 1.00 bits per heavy atom. The Kier molecular flexibility index (Phi) is 4.29. The Hall–Kier alpha value is -2.95. The predicted octanol–water partition coefficient (Wildman–Crippen LogP) is 4.33. The molecule has 1 atom stereocenters. The molecule has 134 valence electrons. The van der Waals surface area contributed by atoms with E-state index in [1.807, 2.05) is 42.5 Å². The number of carbonyl (C=O) groups is 1. The van der Waals surface area contributed by atoms with E-state index < -0.39 is 0 Å². The van der Waals surface area contributed by atoms with Crippen LogP contribution in [0.1, 0.15) is 36.0 Å². The summed E-state index contributed by atoms with van der Waals surface area (Å²) in [5.41, 5.74) is 1.69. The quantitative estimate of drug-likeness (QED) is 0.760. The molecule has 0 unspecified atom stereocenters. The van der Waals surface area contributed by atoms with Crippen LogP contribution >= 0.6 is 0 Å². The average Bonchev–Trinajstić information content (AvgIpc) is 3.09. The van der Waals surface area contributed by atoms with E-state index in [2.05, 4.69) is 19.2 Å². The van der Waals surface area contributed by atoms with Gasteiger partial charge >= 0.3 is 0 Å². The first-order chi connectivity index (χ1) is 12.6. The molecule has 0 radical (unpaired) electrons. The number of fused-ring (bicyclic) bond motifs is 2. The van der Waals surface area contributed by atoms with Crippen LogP contribution in [0.15, 0.2) is 52.9 Å². The molecule has 0 saturated carbocycles. The van der Waals surface area contributed by atoms with Crippen molar-refractivity contribution in [1.29, 1.82) is 0 Å². The number of furan rings is 1. The molecule has 1 aliphatic rings. The van der Waals surface area contributed by atoms with Crippen LogP contribution in [0.3, 0.4) is 0 Å². The van der Waals surface area contributed by atoms with Crippen LogP contribution in [0, 0.1) is 5.92 Å². The molecule has 2 aromatic carbocycles. The largest absolute Gasteiger partial charge is 0.486 e. The van der Waals surface area contributed by atoms with Gasteiger partial charge in [0.05, 0.1) is 6.04 Å². The van der Waals surface area contributed by atoms with Gasteiger partial charge in [0.15, 0.2) is 17.3 Å². The van der Waals surface area contributed by atoms with E-state index in [1.54, 1.807) is 6.07 Å². The fourth-order valence-electron chi connectivity index (χ4n) is 3.19. The molecule has 0 bridgehead atoms. The summed E-state index contributed by atoms with van der Waals surface area (Å²) in [7, 11) is 0. The minimum Gasteiger partial charge on any atom is -0.486 e. The molecule has 1 aliphatic heterocycles. The number of rotatable bonds is 4. The summed E-state index contributed by atoms with van der Waals surface area (Å²) in [5.74, 6) is 1.75. The van der Waals surface area contributed by atoms with Crippen molar-refractivity contribution in [1.82, 2.24) is 5.32 Å². The van der Waals surface area contributed by atoms with Crippen LogP contribution in [-0.2, 0) is 0 Å². The number of para-hydroxylation sites is 1. The lowest BCUT2D eigenvalue weighted by atomic mass is 9.95. The van der Waals surface area contributed by atoms with E-state index in [4.69, 9.17) is 13.9 Å². The van der Waals surface area contributed by atoms with E-state index in [0.29, 0.717) is 24.6 Å². The highest BCUT2D eigenvalue weighted by atomic mass is 16.6. The molecular formula is C21H21NO4. The molecule has 1 N–H and O–H groups in total. The Balaban J connectivity index is 1.59. The minimum absolute atomic E-state index is 0.161. The molecule has 4 rings (SSSR count). The van der Waals surface area contributed by atoms with Gasteiger partial charge in [0, 0.05) is 5.39 Å². The molecule has 1 amide bonds. The van der Waals surface area contributed by atoms with Gasteiger partial charge in [0.25, 0.3) is 5.91 Å². The minimum atomic E-state index is -0.227. The molecule has 3 aromatic rings. The molecular weight excluding hydrogens is 330 g/mol. The van der Waals surface area contributed by atoms with Crippen molar-refractivity contribution in [2.24, 2.45) is 5.92 Å². The van der Waals surface area contributed by atoms with Crippen molar-refractivity contribution >= 4 is 16.9 Å². The summed E-state index contributed by atoms with van der Waals surface area (Å²) in [6.07, 6.45) is 0. The summed E-state index contributed by atoms with van der Waals surface area (Å²) < 4.78 is 16.9. The third-order valence-corrected chi connectivity index (χ3v) is 4.53. The molecule has 0 spiro atoms. The fraction of sp³-hybridized carbons (Fsp3) is 0.286. The van der Waals surface area contributed by atoms with E-state index in [1.165, 1.54) is 0 Å². The summed E-state index contributed by atoms with van der Waals surface area (Å²) >= 11 is 0. The average molecular weight is 351 g/mol. The number of hydrogen-bond acceptors (Lipinski definition) is 4. The number of hydrogen-bond donors (Lipinski definition) is 1. The van der Waals surface area contributed by atoms with Gasteiger partial charge < -0.3 is 19.2 Å². The first-order valence-corrected chi connectivity index (χ1v) is 8.81. The number of nitrogens with one attached hydrogen (secondary N) is 1. The maximum Gasteiger partial charge on any atom is 0.287 e. The van der Waals surface area contributed by atoms with Crippen molar-refractivity contribution in [2.75, 3.05) is 13.2 Å². The molecule has 5 nitrogen and oxygen atoms in total. The van der Waals surface area contributed by atoms with Gasteiger partial charge in [-0.2, -0.15) is 0 Å². The Morgan fingerprint density at radius 3 is 2.54 bits per heavy atom. The lowest BCUT2D eigenvalue weighted by Crippen LogP contribution is -2.31. The van der Waals surface area contributed by atoms with Crippen LogP contribution in [-0.4, -0.2) is 19.1 Å². The summed E-state index contributed by atoms with van der Waals surface area (Å²) in [6.45, 7) is 5.23. The maximum atomic E-state index is 12.7. The van der Waals surface area contributed by atoms with Gasteiger partial charge in [-0.1, -0.05) is 38.1 Å². The lowest BCUT2D eigenvalue weighted by Gasteiger charge is -2.25. The van der Waals surface area contributed by atoms with Gasteiger partial charge in [-0.05, 0) is 35.7 Å². The van der Waals surface area contributed by atoms with Crippen LogP contribution in [0.2, 0.25) is 0 Å². The fourth-order valence-corrected chi connectivity index (χ4v) is 3.19. The molecule has 5 heteroatoms. The van der Waals surface area contributed by atoms with Gasteiger partial charge in [0.2, 0.25) is 0 Å². The number of benzene rings is 2. The normalized spacial score (nSPS) is 14.4. The van der Waals surface area contributed by atoms with Crippen molar-refractivity contribution in [2.45, 2.75) is 19.9 Å². The van der Waals surface area contributed by atoms with Crippen molar-refractivity contribution in [3.63, 3.8) is 0 Å². The monoisotopic (exact) mass is 351 g/mol. The van der Waals surface area contributed by atoms with Crippen LogP contribution in [0.25, 0.3) is 11.0 Å². The summed E-state index contributed by atoms with van der Waals surface area (Å²) in [6, 6.07) is 15.0. The predicted molar refractivity (Wildman–Crippen MR) is 98.7 cm³/mol. The molecule has 0 aliphatic carbocycles. The van der Waals surface area contributed by atoms with E-state index in [-0.39, 0.29) is 17.9 Å². The highest BCUT2D eigenvalue weighted by Crippen LogP contribution is 2.34. The third kappa shape index (κ3) is 3.12. The molecule has 2 heterocycles.